The van der Waals surface area contributed by atoms with Crippen LogP contribution >= 0.6 is 0 Å². The van der Waals surface area contributed by atoms with Gasteiger partial charge in [0, 0.05) is 19.5 Å². The zero-order valence-corrected chi connectivity index (χ0v) is 10.6. The normalized spacial score (nSPS) is 13.2. The summed E-state index contributed by atoms with van der Waals surface area (Å²) in [6.07, 6.45) is 0. The molecule has 104 valence electrons. The number of hydrogen-bond donors (Lipinski definition) is 2. The fraction of sp³-hybridized carbons (Fsp3) is 0.333. The predicted molar refractivity (Wildman–Crippen MR) is 65.9 cm³/mol. The van der Waals surface area contributed by atoms with Crippen LogP contribution in [0.5, 0.6) is 0 Å². The van der Waals surface area contributed by atoms with E-state index in [-0.39, 0.29) is 12.4 Å². The van der Waals surface area contributed by atoms with Gasteiger partial charge in [-0.25, -0.2) is 8.78 Å². The minimum absolute atomic E-state index is 0.0614. The number of rotatable bonds is 4. The van der Waals surface area contributed by atoms with Crippen molar-refractivity contribution in [2.45, 2.75) is 6.92 Å². The Balaban J connectivity index is 2.89. The van der Waals surface area contributed by atoms with Crippen molar-refractivity contribution in [3.8, 4) is 0 Å². The van der Waals surface area contributed by atoms with Gasteiger partial charge in [-0.3, -0.25) is 4.79 Å². The molecule has 0 aliphatic rings. The Morgan fingerprint density at radius 1 is 1.47 bits per heavy atom. The molecule has 0 heterocycles. The molecule has 1 amide bonds. The minimum atomic E-state index is -0.923. The van der Waals surface area contributed by atoms with Crippen LogP contribution in [0.1, 0.15) is 17.3 Å². The SMILES string of the molecule is CC(CN(C)C(=O)c1c(F)cccc1F)/C(N)=N/O. The van der Waals surface area contributed by atoms with Crippen molar-refractivity contribution in [1.29, 1.82) is 0 Å². The van der Waals surface area contributed by atoms with Gasteiger partial charge in [-0.05, 0) is 12.1 Å². The third-order valence-corrected chi connectivity index (χ3v) is 2.69. The smallest absolute Gasteiger partial charge is 0.259 e. The summed E-state index contributed by atoms with van der Waals surface area (Å²) in [5, 5.41) is 11.3. The second-order valence-corrected chi connectivity index (χ2v) is 4.21. The molecule has 7 heteroatoms. The predicted octanol–water partition coefficient (Wildman–Crippen LogP) is 1.42. The highest BCUT2D eigenvalue weighted by Gasteiger charge is 2.22. The quantitative estimate of drug-likeness (QED) is 0.376. The van der Waals surface area contributed by atoms with Crippen molar-refractivity contribution in [2.24, 2.45) is 16.8 Å². The Kier molecular flexibility index (Phi) is 4.80. The van der Waals surface area contributed by atoms with Crippen molar-refractivity contribution in [3.63, 3.8) is 0 Å². The standard InChI is InChI=1S/C12H15F2N3O2/c1-7(11(15)16-19)6-17(2)12(18)10-8(13)4-3-5-9(10)14/h3-5,7,19H,6H2,1-2H3,(H2,15,16). The highest BCUT2D eigenvalue weighted by Crippen LogP contribution is 2.14. The first-order chi connectivity index (χ1) is 8.88. The molecule has 0 aliphatic carbocycles. The summed E-state index contributed by atoms with van der Waals surface area (Å²) < 4.78 is 26.9. The van der Waals surface area contributed by atoms with E-state index in [0.717, 1.165) is 17.0 Å². The maximum atomic E-state index is 13.4. The molecule has 1 atom stereocenters. The van der Waals surface area contributed by atoms with E-state index in [4.69, 9.17) is 10.9 Å². The van der Waals surface area contributed by atoms with Crippen LogP contribution in [-0.4, -0.2) is 35.4 Å². The molecule has 0 spiro atoms. The fourth-order valence-electron chi connectivity index (χ4n) is 1.58. The molecule has 0 aromatic heterocycles. The van der Waals surface area contributed by atoms with Gasteiger partial charge in [0.15, 0.2) is 0 Å². The van der Waals surface area contributed by atoms with E-state index in [9.17, 15) is 13.6 Å². The molecule has 5 nitrogen and oxygen atoms in total. The number of hydrogen-bond acceptors (Lipinski definition) is 3. The van der Waals surface area contributed by atoms with Gasteiger partial charge in [-0.15, -0.1) is 0 Å². The van der Waals surface area contributed by atoms with Crippen molar-refractivity contribution in [1.82, 2.24) is 4.90 Å². The molecule has 1 aromatic carbocycles. The largest absolute Gasteiger partial charge is 0.409 e. The number of nitrogens with two attached hydrogens (primary N) is 1. The third kappa shape index (κ3) is 3.40. The van der Waals surface area contributed by atoms with Gasteiger partial charge in [-0.1, -0.05) is 18.1 Å². The van der Waals surface area contributed by atoms with Gasteiger partial charge >= 0.3 is 0 Å². The summed E-state index contributed by atoms with van der Waals surface area (Å²) in [6.45, 7) is 1.69. The molecule has 19 heavy (non-hydrogen) atoms. The number of amidine groups is 1. The van der Waals surface area contributed by atoms with Crippen molar-refractivity contribution in [2.75, 3.05) is 13.6 Å². The molecule has 0 radical (unpaired) electrons. The number of carbonyl (C=O) groups is 1. The van der Waals surface area contributed by atoms with E-state index in [1.54, 1.807) is 6.92 Å². The zero-order valence-electron chi connectivity index (χ0n) is 10.6. The summed E-state index contributed by atoms with van der Waals surface area (Å²) >= 11 is 0. The topological polar surface area (TPSA) is 78.9 Å². The second-order valence-electron chi connectivity index (χ2n) is 4.21. The Hall–Kier alpha value is -2.18. The van der Waals surface area contributed by atoms with Gasteiger partial charge < -0.3 is 15.8 Å². The lowest BCUT2D eigenvalue weighted by Gasteiger charge is -2.21. The van der Waals surface area contributed by atoms with Crippen molar-refractivity contribution >= 4 is 11.7 Å². The number of nitrogens with zero attached hydrogens (tertiary/aromatic N) is 2. The maximum absolute atomic E-state index is 13.4. The van der Waals surface area contributed by atoms with Crippen LogP contribution in [0.15, 0.2) is 23.4 Å². The molecule has 0 saturated carbocycles. The van der Waals surface area contributed by atoms with Crippen LogP contribution in [0.4, 0.5) is 8.78 Å². The molecule has 1 rings (SSSR count). The van der Waals surface area contributed by atoms with Gasteiger partial charge in [0.2, 0.25) is 0 Å². The number of carbonyl (C=O) groups excluding carboxylic acids is 1. The molecule has 3 N–H and O–H groups in total. The number of benzene rings is 1. The summed E-state index contributed by atoms with van der Waals surface area (Å²) in [5.41, 5.74) is 4.76. The van der Waals surface area contributed by atoms with Gasteiger partial charge in [0.25, 0.3) is 5.91 Å². The zero-order chi connectivity index (χ0) is 14.6. The Labute approximate surface area is 109 Å². The van der Waals surface area contributed by atoms with Crippen LogP contribution in [0.2, 0.25) is 0 Å². The van der Waals surface area contributed by atoms with Crippen LogP contribution in [0, 0.1) is 17.6 Å². The van der Waals surface area contributed by atoms with E-state index in [1.807, 2.05) is 0 Å². The third-order valence-electron chi connectivity index (χ3n) is 2.69. The number of amides is 1. The average molecular weight is 271 g/mol. The average Bonchev–Trinajstić information content (AvgIpc) is 2.37. The number of halogens is 2. The molecule has 0 fully saturated rings. The van der Waals surface area contributed by atoms with Crippen LogP contribution < -0.4 is 5.73 Å². The lowest BCUT2D eigenvalue weighted by molar-refractivity contribution is 0.0776. The van der Waals surface area contributed by atoms with Gasteiger partial charge in [-0.2, -0.15) is 0 Å². The second kappa shape index (κ2) is 6.12. The molecular formula is C12H15F2N3O2. The summed E-state index contributed by atoms with van der Waals surface area (Å²) in [5.74, 6) is -3.14. The highest BCUT2D eigenvalue weighted by atomic mass is 19.1. The van der Waals surface area contributed by atoms with Crippen LogP contribution in [-0.2, 0) is 0 Å². The van der Waals surface area contributed by atoms with E-state index >= 15 is 0 Å². The molecule has 1 unspecified atom stereocenters. The lowest BCUT2D eigenvalue weighted by atomic mass is 10.1. The fourth-order valence-corrected chi connectivity index (χ4v) is 1.58. The van der Waals surface area contributed by atoms with E-state index in [2.05, 4.69) is 5.16 Å². The first-order valence-electron chi connectivity index (χ1n) is 5.55. The van der Waals surface area contributed by atoms with Gasteiger partial charge in [0.1, 0.15) is 23.0 Å². The summed E-state index contributed by atoms with van der Waals surface area (Å²) in [6, 6.07) is 3.20. The maximum Gasteiger partial charge on any atom is 0.259 e. The van der Waals surface area contributed by atoms with E-state index in [0.29, 0.717) is 0 Å². The van der Waals surface area contributed by atoms with Crippen LogP contribution in [0.3, 0.4) is 0 Å². The molecular weight excluding hydrogens is 256 g/mol. The van der Waals surface area contributed by atoms with E-state index < -0.39 is 29.0 Å². The number of oxime groups is 1. The molecule has 0 bridgehead atoms. The lowest BCUT2D eigenvalue weighted by Crippen LogP contribution is -2.37. The Morgan fingerprint density at radius 3 is 2.47 bits per heavy atom. The van der Waals surface area contributed by atoms with E-state index in [1.165, 1.54) is 13.1 Å². The first kappa shape index (κ1) is 14.9. The summed E-state index contributed by atoms with van der Waals surface area (Å²) in [7, 11) is 1.38. The highest BCUT2D eigenvalue weighted by molar-refractivity contribution is 5.95. The summed E-state index contributed by atoms with van der Waals surface area (Å²) in [4.78, 5) is 13.1. The van der Waals surface area contributed by atoms with Crippen LogP contribution in [0.25, 0.3) is 0 Å². The monoisotopic (exact) mass is 271 g/mol. The first-order valence-corrected chi connectivity index (χ1v) is 5.55. The minimum Gasteiger partial charge on any atom is -0.409 e. The molecule has 1 aromatic rings. The molecule has 0 aliphatic heterocycles. The van der Waals surface area contributed by atoms with Crippen molar-refractivity contribution in [3.05, 3.63) is 35.4 Å². The Bertz CT molecular complexity index is 485. The van der Waals surface area contributed by atoms with Crippen molar-refractivity contribution < 1.29 is 18.8 Å². The van der Waals surface area contributed by atoms with Gasteiger partial charge in [0.05, 0.1) is 0 Å². The Morgan fingerprint density at radius 2 is 2.00 bits per heavy atom. The molecule has 0 saturated heterocycles.